The Balaban J connectivity index is 1.51. The van der Waals surface area contributed by atoms with E-state index in [1.807, 2.05) is 36.6 Å². The van der Waals surface area contributed by atoms with Crippen LogP contribution in [0.2, 0.25) is 0 Å². The monoisotopic (exact) mass is 554 g/mol. The quantitative estimate of drug-likeness (QED) is 0.166. The highest BCUT2D eigenvalue weighted by molar-refractivity contribution is 7.99. The lowest BCUT2D eigenvalue weighted by Gasteiger charge is -2.09. The zero-order chi connectivity index (χ0) is 26.5. The number of aromatic nitrogens is 3. The Bertz CT molecular complexity index is 1390. The van der Waals surface area contributed by atoms with Crippen molar-refractivity contribution in [3.05, 3.63) is 57.1 Å². The van der Waals surface area contributed by atoms with Gasteiger partial charge < -0.3 is 14.6 Å². The number of ether oxygens (including phenoxy) is 1. The van der Waals surface area contributed by atoms with Gasteiger partial charge in [-0.15, -0.1) is 32.9 Å². The zero-order valence-corrected chi connectivity index (χ0v) is 24.0. The van der Waals surface area contributed by atoms with Crippen molar-refractivity contribution in [3.8, 4) is 22.5 Å². The van der Waals surface area contributed by atoms with Gasteiger partial charge in [0.15, 0.2) is 11.0 Å². The second kappa shape index (κ2) is 12.1. The smallest absolute Gasteiger partial charge is 0.341 e. The predicted octanol–water partition coefficient (Wildman–Crippen LogP) is 7.09. The number of hydrogen-bond donors (Lipinski definition) is 1. The Labute approximate surface area is 229 Å². The van der Waals surface area contributed by atoms with Crippen LogP contribution >= 0.6 is 34.4 Å². The van der Waals surface area contributed by atoms with Crippen LogP contribution in [-0.2, 0) is 16.1 Å². The van der Waals surface area contributed by atoms with Crippen LogP contribution < -0.4 is 5.32 Å². The van der Waals surface area contributed by atoms with Gasteiger partial charge in [-0.25, -0.2) is 4.79 Å². The van der Waals surface area contributed by atoms with Crippen LogP contribution in [-0.4, -0.2) is 39.5 Å². The van der Waals surface area contributed by atoms with Crippen LogP contribution in [0, 0.1) is 6.92 Å². The summed E-state index contributed by atoms with van der Waals surface area (Å²) in [6, 6.07) is 10.1. The number of carbonyl (C=O) groups is 2. The lowest BCUT2D eigenvalue weighted by Crippen LogP contribution is -2.16. The first kappa shape index (κ1) is 27.1. The van der Waals surface area contributed by atoms with Crippen LogP contribution in [0.25, 0.3) is 22.5 Å². The third-order valence-electron chi connectivity index (χ3n) is 5.74. The molecule has 0 saturated heterocycles. The van der Waals surface area contributed by atoms with E-state index in [-0.39, 0.29) is 11.7 Å². The number of carbonyl (C=O) groups excluding carboxylic acids is 2. The number of thioether (sulfide) groups is 1. The zero-order valence-electron chi connectivity index (χ0n) is 21.5. The molecule has 4 aromatic rings. The van der Waals surface area contributed by atoms with Gasteiger partial charge in [0.05, 0.1) is 12.9 Å². The second-order valence-corrected chi connectivity index (χ2v) is 11.7. The number of hydrogen-bond acceptors (Lipinski definition) is 8. The number of nitrogens with one attached hydrogen (secondary N) is 1. The number of esters is 1. The molecule has 0 aliphatic carbocycles. The third kappa shape index (κ3) is 6.14. The van der Waals surface area contributed by atoms with Crippen molar-refractivity contribution in [2.45, 2.75) is 51.7 Å². The number of benzene rings is 1. The fourth-order valence-corrected chi connectivity index (χ4v) is 6.44. The van der Waals surface area contributed by atoms with Gasteiger partial charge >= 0.3 is 5.97 Å². The molecule has 37 heavy (non-hydrogen) atoms. The first-order chi connectivity index (χ1) is 17.8. The molecule has 0 aliphatic rings. The van der Waals surface area contributed by atoms with Crippen molar-refractivity contribution >= 4 is 51.3 Å². The van der Waals surface area contributed by atoms with Gasteiger partial charge in [-0.3, -0.25) is 4.79 Å². The predicted molar refractivity (Wildman–Crippen MR) is 153 cm³/mol. The van der Waals surface area contributed by atoms with Crippen molar-refractivity contribution in [2.24, 2.45) is 0 Å². The van der Waals surface area contributed by atoms with Gasteiger partial charge in [-0.1, -0.05) is 62.4 Å². The van der Waals surface area contributed by atoms with Crippen molar-refractivity contribution in [3.63, 3.8) is 0 Å². The summed E-state index contributed by atoms with van der Waals surface area (Å²) in [4.78, 5) is 26.9. The van der Waals surface area contributed by atoms with E-state index < -0.39 is 5.97 Å². The van der Waals surface area contributed by atoms with Gasteiger partial charge in [-0.2, -0.15) is 0 Å². The number of thiophene rings is 2. The van der Waals surface area contributed by atoms with Gasteiger partial charge in [0.2, 0.25) is 5.91 Å². The van der Waals surface area contributed by atoms with Gasteiger partial charge in [0.1, 0.15) is 10.6 Å². The molecule has 0 atom stereocenters. The Hall–Kier alpha value is -2.95. The van der Waals surface area contributed by atoms with E-state index in [9.17, 15) is 9.59 Å². The van der Waals surface area contributed by atoms with E-state index in [0.717, 1.165) is 41.0 Å². The summed E-state index contributed by atoms with van der Waals surface area (Å²) in [7, 11) is 1.34. The molecule has 7 nitrogen and oxygen atoms in total. The minimum atomic E-state index is -0.483. The molecule has 0 unspecified atom stereocenters. The summed E-state index contributed by atoms with van der Waals surface area (Å²) in [5.74, 6) is 0.710. The van der Waals surface area contributed by atoms with E-state index in [1.165, 1.54) is 35.1 Å². The standard InChI is InChI=1S/C27H30N4O3S3/c1-6-11-31-24(19-12-21(16(2)3)35-13-19)29-30-27(31)37-15-22(32)28-25-23(26(33)34-5)20(14-36-25)18-9-7-17(4)8-10-18/h7-10,12-14,16H,6,11,15H2,1-5H3,(H,28,32). The minimum absolute atomic E-state index is 0.140. The topological polar surface area (TPSA) is 86.1 Å². The number of amides is 1. The molecule has 0 saturated carbocycles. The van der Waals surface area contributed by atoms with E-state index in [1.54, 1.807) is 11.3 Å². The molecule has 1 N–H and O–H groups in total. The Morgan fingerprint density at radius 1 is 1.11 bits per heavy atom. The molecule has 0 spiro atoms. The molecule has 3 aromatic heterocycles. The largest absolute Gasteiger partial charge is 0.465 e. The second-order valence-electron chi connectivity index (χ2n) is 8.90. The van der Waals surface area contributed by atoms with Crippen molar-refractivity contribution < 1.29 is 14.3 Å². The average Bonchev–Trinajstić information content (AvgIpc) is 3.62. The summed E-state index contributed by atoms with van der Waals surface area (Å²) >= 11 is 4.37. The molecule has 1 aromatic carbocycles. The normalized spacial score (nSPS) is 11.2. The molecule has 0 fully saturated rings. The number of methoxy groups -OCH3 is 1. The molecule has 4 rings (SSSR count). The Morgan fingerprint density at radius 3 is 2.51 bits per heavy atom. The SMILES string of the molecule is CCCn1c(SCC(=O)Nc2scc(-c3ccc(C)cc3)c2C(=O)OC)nnc1-c1csc(C(C)C)c1. The molecular formula is C27H30N4O3S3. The van der Waals surface area contributed by atoms with Crippen LogP contribution in [0.15, 0.2) is 46.2 Å². The fourth-order valence-electron chi connectivity index (χ4n) is 3.80. The molecule has 3 heterocycles. The number of rotatable bonds is 10. The molecule has 194 valence electrons. The number of aryl methyl sites for hydroxylation is 1. The summed E-state index contributed by atoms with van der Waals surface area (Å²) in [6.45, 7) is 9.23. The van der Waals surface area contributed by atoms with E-state index in [2.05, 4.69) is 52.3 Å². The molecule has 0 bridgehead atoms. The molecule has 0 aliphatic heterocycles. The molecule has 0 radical (unpaired) electrons. The van der Waals surface area contributed by atoms with Crippen molar-refractivity contribution in [1.29, 1.82) is 0 Å². The van der Waals surface area contributed by atoms with E-state index >= 15 is 0 Å². The maximum atomic E-state index is 12.9. The highest BCUT2D eigenvalue weighted by atomic mass is 32.2. The van der Waals surface area contributed by atoms with Crippen LogP contribution in [0.1, 0.15) is 53.9 Å². The van der Waals surface area contributed by atoms with Gasteiger partial charge in [0, 0.05) is 33.3 Å². The Kier molecular flexibility index (Phi) is 8.83. The van der Waals surface area contributed by atoms with Gasteiger partial charge in [0.25, 0.3) is 0 Å². The van der Waals surface area contributed by atoms with Crippen LogP contribution in [0.3, 0.4) is 0 Å². The van der Waals surface area contributed by atoms with Crippen molar-refractivity contribution in [1.82, 2.24) is 14.8 Å². The molecule has 1 amide bonds. The number of anilines is 1. The maximum absolute atomic E-state index is 12.9. The fraction of sp³-hybridized carbons (Fsp3) is 0.333. The summed E-state index contributed by atoms with van der Waals surface area (Å²) in [5.41, 5.74) is 4.18. The maximum Gasteiger partial charge on any atom is 0.341 e. The lowest BCUT2D eigenvalue weighted by molar-refractivity contribution is -0.113. The summed E-state index contributed by atoms with van der Waals surface area (Å²) < 4.78 is 7.10. The first-order valence-electron chi connectivity index (χ1n) is 12.0. The van der Waals surface area contributed by atoms with Crippen molar-refractivity contribution in [2.75, 3.05) is 18.2 Å². The summed E-state index contributed by atoms with van der Waals surface area (Å²) in [6.07, 6.45) is 0.922. The highest BCUT2D eigenvalue weighted by Gasteiger charge is 2.23. The third-order valence-corrected chi connectivity index (χ3v) is 8.83. The average molecular weight is 555 g/mol. The molecular weight excluding hydrogens is 525 g/mol. The Morgan fingerprint density at radius 2 is 1.86 bits per heavy atom. The lowest BCUT2D eigenvalue weighted by atomic mass is 10.0. The highest BCUT2D eigenvalue weighted by Crippen LogP contribution is 2.37. The van der Waals surface area contributed by atoms with Gasteiger partial charge in [-0.05, 0) is 30.9 Å². The van der Waals surface area contributed by atoms with Crippen LogP contribution in [0.4, 0.5) is 5.00 Å². The van der Waals surface area contributed by atoms with Crippen LogP contribution in [0.5, 0.6) is 0 Å². The number of nitrogens with zero attached hydrogens (tertiary/aromatic N) is 3. The molecule has 10 heteroatoms. The van der Waals surface area contributed by atoms with E-state index in [4.69, 9.17) is 4.74 Å². The minimum Gasteiger partial charge on any atom is -0.465 e. The summed E-state index contributed by atoms with van der Waals surface area (Å²) in [5, 5.41) is 16.9. The first-order valence-corrected chi connectivity index (χ1v) is 14.8. The van der Waals surface area contributed by atoms with E-state index in [0.29, 0.717) is 21.6 Å².